The molecule has 0 saturated carbocycles. The normalized spacial score (nSPS) is 11.1. The van der Waals surface area contributed by atoms with Crippen molar-refractivity contribution in [3.63, 3.8) is 0 Å². The summed E-state index contributed by atoms with van der Waals surface area (Å²) in [5.74, 6) is 1.49. The lowest BCUT2D eigenvalue weighted by atomic mass is 10.0. The van der Waals surface area contributed by atoms with Gasteiger partial charge < -0.3 is 5.73 Å². The molecule has 0 spiro atoms. The molecule has 4 heteroatoms. The summed E-state index contributed by atoms with van der Waals surface area (Å²) in [5, 5.41) is 0.713. The highest BCUT2D eigenvalue weighted by Gasteiger charge is 2.13. The highest BCUT2D eigenvalue weighted by molar-refractivity contribution is 6.31. The molecule has 2 rings (SSSR count). The second-order valence-electron chi connectivity index (χ2n) is 5.05. The average Bonchev–Trinajstić information content (AvgIpc) is 2.31. The Labute approximate surface area is 118 Å². The van der Waals surface area contributed by atoms with Crippen molar-refractivity contribution in [1.82, 2.24) is 9.97 Å². The van der Waals surface area contributed by atoms with Crippen LogP contribution in [0.15, 0.2) is 18.2 Å². The molecule has 0 bridgehead atoms. The molecule has 3 nitrogen and oxygen atoms in total. The Hall–Kier alpha value is -1.61. The predicted octanol–water partition coefficient (Wildman–Crippen LogP) is 4.12. The van der Waals surface area contributed by atoms with Gasteiger partial charge in [0.1, 0.15) is 5.82 Å². The second kappa shape index (κ2) is 5.17. The minimum Gasteiger partial charge on any atom is -0.383 e. The number of benzene rings is 1. The zero-order chi connectivity index (χ0) is 14.2. The summed E-state index contributed by atoms with van der Waals surface area (Å²) in [6.07, 6.45) is 0. The summed E-state index contributed by atoms with van der Waals surface area (Å²) >= 11 is 6.14. The molecule has 0 atom stereocenters. The first-order valence-corrected chi connectivity index (χ1v) is 6.68. The average molecular weight is 276 g/mol. The van der Waals surface area contributed by atoms with Crippen molar-refractivity contribution in [2.45, 2.75) is 33.6 Å². The largest absolute Gasteiger partial charge is 0.383 e. The van der Waals surface area contributed by atoms with Crippen molar-refractivity contribution in [3.05, 3.63) is 40.0 Å². The van der Waals surface area contributed by atoms with E-state index in [4.69, 9.17) is 17.3 Å². The van der Waals surface area contributed by atoms with E-state index in [0.717, 1.165) is 22.4 Å². The fourth-order valence-corrected chi connectivity index (χ4v) is 2.36. The summed E-state index contributed by atoms with van der Waals surface area (Å²) in [4.78, 5) is 8.95. The maximum absolute atomic E-state index is 6.14. The SMILES string of the molecule is Cc1ccc(-c2nc(C)c(C(C)C)c(N)n2)cc1Cl. The van der Waals surface area contributed by atoms with Crippen molar-refractivity contribution >= 4 is 17.4 Å². The maximum atomic E-state index is 6.14. The fourth-order valence-electron chi connectivity index (χ4n) is 2.18. The standard InChI is InChI=1S/C15H18ClN3/c1-8(2)13-10(4)18-15(19-14(13)17)11-6-5-9(3)12(16)7-11/h5-8H,1-4H3,(H2,17,18,19). The number of aryl methyl sites for hydroxylation is 2. The van der Waals surface area contributed by atoms with Crippen LogP contribution in [0.2, 0.25) is 5.02 Å². The van der Waals surface area contributed by atoms with Crippen LogP contribution in [0.1, 0.15) is 36.6 Å². The molecule has 19 heavy (non-hydrogen) atoms. The number of nitrogen functional groups attached to an aromatic ring is 1. The van der Waals surface area contributed by atoms with Crippen molar-refractivity contribution in [1.29, 1.82) is 0 Å². The predicted molar refractivity (Wildman–Crippen MR) is 80.5 cm³/mol. The van der Waals surface area contributed by atoms with E-state index in [9.17, 15) is 0 Å². The smallest absolute Gasteiger partial charge is 0.161 e. The van der Waals surface area contributed by atoms with Gasteiger partial charge in [0.2, 0.25) is 0 Å². The zero-order valence-corrected chi connectivity index (χ0v) is 12.4. The first-order valence-electron chi connectivity index (χ1n) is 6.30. The van der Waals surface area contributed by atoms with Crippen molar-refractivity contribution in [2.24, 2.45) is 0 Å². The number of halogens is 1. The van der Waals surface area contributed by atoms with Gasteiger partial charge in [-0.05, 0) is 31.4 Å². The molecule has 100 valence electrons. The van der Waals surface area contributed by atoms with Gasteiger partial charge in [-0.3, -0.25) is 0 Å². The lowest BCUT2D eigenvalue weighted by molar-refractivity contribution is 0.836. The molecule has 0 aliphatic carbocycles. The van der Waals surface area contributed by atoms with Crippen molar-refractivity contribution < 1.29 is 0 Å². The van der Waals surface area contributed by atoms with Crippen LogP contribution < -0.4 is 5.73 Å². The van der Waals surface area contributed by atoms with Crippen LogP contribution in [0.4, 0.5) is 5.82 Å². The summed E-state index contributed by atoms with van der Waals surface area (Å²) in [6.45, 7) is 8.11. The van der Waals surface area contributed by atoms with Gasteiger partial charge in [0.25, 0.3) is 0 Å². The molecular weight excluding hydrogens is 258 g/mol. The molecule has 2 aromatic rings. The van der Waals surface area contributed by atoms with Gasteiger partial charge in [-0.2, -0.15) is 0 Å². The van der Waals surface area contributed by atoms with Gasteiger partial charge in [-0.25, -0.2) is 9.97 Å². The summed E-state index contributed by atoms with van der Waals surface area (Å²) in [5.41, 5.74) is 9.91. The van der Waals surface area contributed by atoms with Crippen LogP contribution in [0.25, 0.3) is 11.4 Å². The lowest BCUT2D eigenvalue weighted by Crippen LogP contribution is -2.06. The topological polar surface area (TPSA) is 51.8 Å². The van der Waals surface area contributed by atoms with E-state index >= 15 is 0 Å². The van der Waals surface area contributed by atoms with E-state index in [2.05, 4.69) is 23.8 Å². The Balaban J connectivity index is 2.55. The van der Waals surface area contributed by atoms with E-state index in [-0.39, 0.29) is 0 Å². The molecule has 0 saturated heterocycles. The Morgan fingerprint density at radius 2 is 1.84 bits per heavy atom. The third-order valence-corrected chi connectivity index (χ3v) is 3.58. The molecular formula is C15H18ClN3. The molecule has 0 aliphatic rings. The molecule has 1 heterocycles. The van der Waals surface area contributed by atoms with Gasteiger partial charge in [-0.1, -0.05) is 37.6 Å². The molecule has 2 N–H and O–H groups in total. The van der Waals surface area contributed by atoms with E-state index in [0.29, 0.717) is 22.6 Å². The van der Waals surface area contributed by atoms with Crippen LogP contribution >= 0.6 is 11.6 Å². The van der Waals surface area contributed by atoms with Gasteiger partial charge >= 0.3 is 0 Å². The first-order chi connectivity index (χ1) is 8.90. The Morgan fingerprint density at radius 3 is 2.37 bits per heavy atom. The van der Waals surface area contributed by atoms with Gasteiger partial charge in [0.05, 0.1) is 0 Å². The Morgan fingerprint density at radius 1 is 1.16 bits per heavy atom. The minimum atomic E-state index is 0.315. The van der Waals surface area contributed by atoms with Crippen LogP contribution in [-0.2, 0) is 0 Å². The van der Waals surface area contributed by atoms with Gasteiger partial charge in [0.15, 0.2) is 5.82 Å². The first kappa shape index (κ1) is 13.8. The third-order valence-electron chi connectivity index (χ3n) is 3.17. The van der Waals surface area contributed by atoms with E-state index in [1.807, 2.05) is 32.0 Å². The molecule has 1 aromatic heterocycles. The number of nitrogens with two attached hydrogens (primary N) is 1. The Bertz CT molecular complexity index is 598. The zero-order valence-electron chi connectivity index (χ0n) is 11.7. The maximum Gasteiger partial charge on any atom is 0.161 e. The quantitative estimate of drug-likeness (QED) is 0.897. The number of nitrogens with zero attached hydrogens (tertiary/aromatic N) is 2. The molecule has 0 amide bonds. The summed E-state index contributed by atoms with van der Waals surface area (Å²) < 4.78 is 0. The minimum absolute atomic E-state index is 0.315. The van der Waals surface area contributed by atoms with Gasteiger partial charge in [0, 0.05) is 21.8 Å². The number of anilines is 1. The highest BCUT2D eigenvalue weighted by atomic mass is 35.5. The highest BCUT2D eigenvalue weighted by Crippen LogP contribution is 2.28. The fraction of sp³-hybridized carbons (Fsp3) is 0.333. The molecule has 0 aliphatic heterocycles. The molecule has 0 unspecified atom stereocenters. The van der Waals surface area contributed by atoms with Crippen molar-refractivity contribution in [2.75, 3.05) is 5.73 Å². The molecule has 1 aromatic carbocycles. The summed E-state index contributed by atoms with van der Waals surface area (Å²) in [6, 6.07) is 5.80. The summed E-state index contributed by atoms with van der Waals surface area (Å²) in [7, 11) is 0. The van der Waals surface area contributed by atoms with Gasteiger partial charge in [-0.15, -0.1) is 0 Å². The van der Waals surface area contributed by atoms with E-state index in [1.165, 1.54) is 0 Å². The number of aromatic nitrogens is 2. The Kier molecular flexibility index (Phi) is 3.76. The van der Waals surface area contributed by atoms with E-state index in [1.54, 1.807) is 0 Å². The third kappa shape index (κ3) is 2.71. The lowest BCUT2D eigenvalue weighted by Gasteiger charge is -2.13. The number of rotatable bonds is 2. The van der Waals surface area contributed by atoms with Crippen LogP contribution in [-0.4, -0.2) is 9.97 Å². The monoisotopic (exact) mass is 275 g/mol. The number of hydrogen-bond acceptors (Lipinski definition) is 3. The van der Waals surface area contributed by atoms with Crippen LogP contribution in [0.3, 0.4) is 0 Å². The second-order valence-corrected chi connectivity index (χ2v) is 5.46. The number of hydrogen-bond donors (Lipinski definition) is 1. The molecule has 0 fully saturated rings. The molecule has 0 radical (unpaired) electrons. The van der Waals surface area contributed by atoms with Crippen molar-refractivity contribution in [3.8, 4) is 11.4 Å². The van der Waals surface area contributed by atoms with Crippen LogP contribution in [0, 0.1) is 13.8 Å². The van der Waals surface area contributed by atoms with Crippen LogP contribution in [0.5, 0.6) is 0 Å². The van der Waals surface area contributed by atoms with E-state index < -0.39 is 0 Å².